The molecule has 3 nitrogen and oxygen atoms in total. The number of nitrogens with zero attached hydrogens (tertiary/aromatic N) is 1. The summed E-state index contributed by atoms with van der Waals surface area (Å²) in [4.78, 5) is 4.10. The Morgan fingerprint density at radius 3 is 2.60 bits per heavy atom. The standard InChI is InChI=1S/C7H14N2O/c1-7(2,3)9-6-8-4-5-10-6/h4-5H2,1-3H3,(H,8,9). The number of amidine groups is 1. The quantitative estimate of drug-likeness (QED) is 0.541. The molecule has 0 aromatic rings. The topological polar surface area (TPSA) is 33.6 Å². The zero-order valence-corrected chi connectivity index (χ0v) is 6.77. The summed E-state index contributed by atoms with van der Waals surface area (Å²) in [5.41, 5.74) is 0.0587. The predicted molar refractivity (Wildman–Crippen MR) is 41.1 cm³/mol. The zero-order chi connectivity index (χ0) is 7.61. The van der Waals surface area contributed by atoms with Crippen LogP contribution in [0.1, 0.15) is 20.8 Å². The Hall–Kier alpha value is -0.730. The summed E-state index contributed by atoms with van der Waals surface area (Å²) in [5, 5.41) is 3.15. The fourth-order valence-electron chi connectivity index (χ4n) is 0.732. The van der Waals surface area contributed by atoms with Crippen LogP contribution in [0, 0.1) is 0 Å². The molecule has 0 aromatic carbocycles. The highest BCUT2D eigenvalue weighted by Gasteiger charge is 2.15. The molecular formula is C7H14N2O. The fourth-order valence-corrected chi connectivity index (χ4v) is 0.732. The Morgan fingerprint density at radius 1 is 1.50 bits per heavy atom. The van der Waals surface area contributed by atoms with Crippen LogP contribution in [0.15, 0.2) is 4.99 Å². The molecule has 0 fully saturated rings. The molecule has 0 unspecified atom stereocenters. The third-order valence-electron chi connectivity index (χ3n) is 1.07. The molecule has 1 aliphatic rings. The molecule has 3 heteroatoms. The van der Waals surface area contributed by atoms with Crippen molar-refractivity contribution in [2.45, 2.75) is 26.3 Å². The molecule has 0 aliphatic carbocycles. The molecule has 0 saturated heterocycles. The molecule has 1 N–H and O–H groups in total. The van der Waals surface area contributed by atoms with Crippen LogP contribution in [0.5, 0.6) is 0 Å². The molecular weight excluding hydrogens is 128 g/mol. The van der Waals surface area contributed by atoms with E-state index >= 15 is 0 Å². The van der Waals surface area contributed by atoms with Crippen molar-refractivity contribution in [1.29, 1.82) is 0 Å². The molecule has 0 aromatic heterocycles. The maximum Gasteiger partial charge on any atom is 0.285 e. The smallest absolute Gasteiger partial charge is 0.285 e. The number of nitrogens with one attached hydrogen (secondary N) is 1. The van der Waals surface area contributed by atoms with Crippen LogP contribution in [0.2, 0.25) is 0 Å². The Kier molecular flexibility index (Phi) is 1.83. The maximum absolute atomic E-state index is 5.17. The lowest BCUT2D eigenvalue weighted by atomic mass is 10.1. The van der Waals surface area contributed by atoms with Crippen LogP contribution in [0.3, 0.4) is 0 Å². The highest BCUT2D eigenvalue weighted by Crippen LogP contribution is 2.01. The highest BCUT2D eigenvalue weighted by atomic mass is 16.5. The van der Waals surface area contributed by atoms with Gasteiger partial charge < -0.3 is 10.1 Å². The molecule has 0 radical (unpaired) electrons. The predicted octanol–water partition coefficient (Wildman–Crippen LogP) is 0.761. The van der Waals surface area contributed by atoms with Gasteiger partial charge in [-0.2, -0.15) is 0 Å². The summed E-state index contributed by atoms with van der Waals surface area (Å²) in [6.45, 7) is 7.75. The van der Waals surface area contributed by atoms with Crippen molar-refractivity contribution in [3.63, 3.8) is 0 Å². The van der Waals surface area contributed by atoms with Gasteiger partial charge >= 0.3 is 0 Å². The summed E-state index contributed by atoms with van der Waals surface area (Å²) in [6.07, 6.45) is 0. The summed E-state index contributed by atoms with van der Waals surface area (Å²) in [5.74, 6) is 0. The molecule has 58 valence electrons. The van der Waals surface area contributed by atoms with E-state index in [0.29, 0.717) is 6.02 Å². The Bertz CT molecular complexity index is 146. The maximum atomic E-state index is 5.17. The van der Waals surface area contributed by atoms with Crippen LogP contribution >= 0.6 is 0 Å². The van der Waals surface area contributed by atoms with E-state index in [0.717, 1.165) is 13.2 Å². The summed E-state index contributed by atoms with van der Waals surface area (Å²) >= 11 is 0. The average Bonchev–Trinajstić information content (AvgIpc) is 2.12. The second-order valence-electron chi connectivity index (χ2n) is 3.41. The van der Waals surface area contributed by atoms with Gasteiger partial charge in [-0.25, -0.2) is 4.99 Å². The lowest BCUT2D eigenvalue weighted by Crippen LogP contribution is -2.40. The minimum atomic E-state index is 0.0587. The lowest BCUT2D eigenvalue weighted by molar-refractivity contribution is 0.314. The van der Waals surface area contributed by atoms with E-state index in [9.17, 15) is 0 Å². The van der Waals surface area contributed by atoms with E-state index in [-0.39, 0.29) is 5.54 Å². The summed E-state index contributed by atoms with van der Waals surface area (Å²) in [7, 11) is 0. The SMILES string of the molecule is CC(C)(C)NC1=NCCO1. The third-order valence-corrected chi connectivity index (χ3v) is 1.07. The molecule has 0 saturated carbocycles. The van der Waals surface area contributed by atoms with E-state index in [1.165, 1.54) is 0 Å². The summed E-state index contributed by atoms with van der Waals surface area (Å²) < 4.78 is 5.17. The van der Waals surface area contributed by atoms with E-state index in [2.05, 4.69) is 31.1 Å². The van der Waals surface area contributed by atoms with Crippen LogP contribution in [-0.4, -0.2) is 24.7 Å². The number of aliphatic imine (C=N–C) groups is 1. The largest absolute Gasteiger partial charge is 0.463 e. The van der Waals surface area contributed by atoms with Crippen molar-refractivity contribution in [1.82, 2.24) is 5.32 Å². The van der Waals surface area contributed by atoms with Crippen LogP contribution in [-0.2, 0) is 4.74 Å². The number of ether oxygens (including phenoxy) is 1. The van der Waals surface area contributed by atoms with Crippen LogP contribution < -0.4 is 5.32 Å². The molecule has 0 atom stereocenters. The molecule has 0 spiro atoms. The molecule has 10 heavy (non-hydrogen) atoms. The van der Waals surface area contributed by atoms with Gasteiger partial charge in [0.15, 0.2) is 0 Å². The minimum absolute atomic E-state index is 0.0587. The van der Waals surface area contributed by atoms with Gasteiger partial charge in [-0.15, -0.1) is 0 Å². The first-order valence-corrected chi connectivity index (χ1v) is 3.53. The molecule has 1 rings (SSSR count). The second-order valence-corrected chi connectivity index (χ2v) is 3.41. The lowest BCUT2D eigenvalue weighted by Gasteiger charge is -2.20. The first kappa shape index (κ1) is 7.38. The molecule has 1 heterocycles. The highest BCUT2D eigenvalue weighted by molar-refractivity contribution is 5.75. The summed E-state index contributed by atoms with van der Waals surface area (Å²) in [6, 6.07) is 0.688. The minimum Gasteiger partial charge on any atom is -0.463 e. The number of hydrogen-bond donors (Lipinski definition) is 1. The van der Waals surface area contributed by atoms with Crippen molar-refractivity contribution >= 4 is 6.02 Å². The van der Waals surface area contributed by atoms with Crippen molar-refractivity contribution in [2.75, 3.05) is 13.2 Å². The number of hydrogen-bond acceptors (Lipinski definition) is 3. The fraction of sp³-hybridized carbons (Fsp3) is 0.857. The van der Waals surface area contributed by atoms with Gasteiger partial charge in [-0.3, -0.25) is 0 Å². The number of rotatable bonds is 0. The van der Waals surface area contributed by atoms with Gasteiger partial charge in [-0.1, -0.05) is 0 Å². The van der Waals surface area contributed by atoms with Gasteiger partial charge in [0.05, 0.1) is 6.54 Å². The normalized spacial score (nSPS) is 18.1. The Morgan fingerprint density at radius 2 is 2.20 bits per heavy atom. The van der Waals surface area contributed by atoms with Crippen molar-refractivity contribution in [3.05, 3.63) is 0 Å². The van der Waals surface area contributed by atoms with Crippen molar-refractivity contribution in [3.8, 4) is 0 Å². The van der Waals surface area contributed by atoms with Gasteiger partial charge in [-0.05, 0) is 20.8 Å². The van der Waals surface area contributed by atoms with Gasteiger partial charge in [0.25, 0.3) is 6.02 Å². The average molecular weight is 142 g/mol. The second kappa shape index (κ2) is 2.48. The zero-order valence-electron chi connectivity index (χ0n) is 6.77. The van der Waals surface area contributed by atoms with Crippen LogP contribution in [0.4, 0.5) is 0 Å². The van der Waals surface area contributed by atoms with E-state index < -0.39 is 0 Å². The van der Waals surface area contributed by atoms with E-state index in [4.69, 9.17) is 4.74 Å². The van der Waals surface area contributed by atoms with E-state index in [1.54, 1.807) is 0 Å². The third kappa shape index (κ3) is 2.25. The van der Waals surface area contributed by atoms with Crippen LogP contribution in [0.25, 0.3) is 0 Å². The Balaban J connectivity index is 2.38. The van der Waals surface area contributed by atoms with Gasteiger partial charge in [0.2, 0.25) is 0 Å². The molecule has 0 amide bonds. The first-order chi connectivity index (χ1) is 4.58. The molecule has 0 bridgehead atoms. The van der Waals surface area contributed by atoms with E-state index in [1.807, 2.05) is 0 Å². The van der Waals surface area contributed by atoms with Crippen molar-refractivity contribution < 1.29 is 4.74 Å². The monoisotopic (exact) mass is 142 g/mol. The van der Waals surface area contributed by atoms with Crippen molar-refractivity contribution in [2.24, 2.45) is 4.99 Å². The van der Waals surface area contributed by atoms with Gasteiger partial charge in [0.1, 0.15) is 6.61 Å². The Labute approximate surface area is 61.5 Å². The molecule has 1 aliphatic heterocycles. The van der Waals surface area contributed by atoms with Gasteiger partial charge in [0, 0.05) is 5.54 Å². The first-order valence-electron chi connectivity index (χ1n) is 3.53.